The van der Waals surface area contributed by atoms with Crippen molar-refractivity contribution in [1.29, 1.82) is 0 Å². The summed E-state index contributed by atoms with van der Waals surface area (Å²) in [5, 5.41) is 0. The fraction of sp³-hybridized carbons (Fsp3) is 0.500. The van der Waals surface area contributed by atoms with E-state index in [1.165, 1.54) is 12.1 Å². The zero-order valence-corrected chi connectivity index (χ0v) is 10.5. The molecule has 1 heterocycles. The maximum atomic E-state index is 12.0. The molecule has 0 unspecified atom stereocenters. The quantitative estimate of drug-likeness (QED) is 0.776. The average molecular weight is 256 g/mol. The Labute approximate surface area is 105 Å². The minimum Gasteiger partial charge on any atom is -0.435 e. The van der Waals surface area contributed by atoms with Crippen molar-refractivity contribution in [3.63, 3.8) is 0 Å². The van der Waals surface area contributed by atoms with Crippen LogP contribution in [-0.4, -0.2) is 25.4 Å². The Morgan fingerprint density at radius 1 is 1.28 bits per heavy atom. The largest absolute Gasteiger partial charge is 0.494 e. The molecule has 1 aliphatic rings. The number of ether oxygens (including phenoxy) is 1. The van der Waals surface area contributed by atoms with Crippen molar-refractivity contribution in [2.24, 2.45) is 0 Å². The van der Waals surface area contributed by atoms with Crippen LogP contribution in [0, 0.1) is 0 Å². The standard InChI is InChI=1S/C12H15BF2O3/c1-8-12(2,3)18-13(17-8)9-4-6-10(7-5-9)16-11(14)15/h4-8,11H,1-3H3/t8-/m1/s1. The molecule has 0 saturated carbocycles. The summed E-state index contributed by atoms with van der Waals surface area (Å²) in [6, 6.07) is 6.28. The van der Waals surface area contributed by atoms with Crippen molar-refractivity contribution < 1.29 is 22.8 Å². The van der Waals surface area contributed by atoms with Crippen LogP contribution in [0.1, 0.15) is 20.8 Å². The van der Waals surface area contributed by atoms with Crippen molar-refractivity contribution in [3.05, 3.63) is 24.3 Å². The number of hydrogen-bond donors (Lipinski definition) is 0. The predicted octanol–water partition coefficient (Wildman–Crippen LogP) is 2.20. The summed E-state index contributed by atoms with van der Waals surface area (Å²) in [5.74, 6) is 0.124. The maximum Gasteiger partial charge on any atom is 0.494 e. The molecule has 6 heteroatoms. The lowest BCUT2D eigenvalue weighted by atomic mass is 9.79. The molecule has 0 spiro atoms. The molecule has 1 aliphatic heterocycles. The van der Waals surface area contributed by atoms with Gasteiger partial charge in [-0.25, -0.2) is 0 Å². The van der Waals surface area contributed by atoms with Gasteiger partial charge in [0.1, 0.15) is 5.75 Å². The molecule has 1 atom stereocenters. The fourth-order valence-corrected chi connectivity index (χ4v) is 1.70. The fourth-order valence-electron chi connectivity index (χ4n) is 1.70. The smallest absolute Gasteiger partial charge is 0.435 e. The van der Waals surface area contributed by atoms with Gasteiger partial charge in [0.2, 0.25) is 0 Å². The highest BCUT2D eigenvalue weighted by Gasteiger charge is 2.43. The zero-order chi connectivity index (χ0) is 13.3. The van der Waals surface area contributed by atoms with E-state index in [1.54, 1.807) is 12.1 Å². The Morgan fingerprint density at radius 3 is 2.33 bits per heavy atom. The minimum atomic E-state index is -2.81. The highest BCUT2D eigenvalue weighted by atomic mass is 19.3. The van der Waals surface area contributed by atoms with Gasteiger partial charge in [-0.3, -0.25) is 0 Å². The predicted molar refractivity (Wildman–Crippen MR) is 64.2 cm³/mol. The van der Waals surface area contributed by atoms with Crippen LogP contribution in [0.4, 0.5) is 8.78 Å². The van der Waals surface area contributed by atoms with Crippen molar-refractivity contribution in [2.45, 2.75) is 39.1 Å². The summed E-state index contributed by atoms with van der Waals surface area (Å²) < 4.78 is 39.7. The van der Waals surface area contributed by atoms with E-state index in [2.05, 4.69) is 4.74 Å². The molecule has 0 aromatic heterocycles. The molecule has 1 aromatic rings. The van der Waals surface area contributed by atoms with E-state index in [4.69, 9.17) is 9.31 Å². The summed E-state index contributed by atoms with van der Waals surface area (Å²) in [7, 11) is -0.462. The van der Waals surface area contributed by atoms with Gasteiger partial charge in [-0.15, -0.1) is 0 Å². The second-order valence-electron chi connectivity index (χ2n) is 4.78. The molecule has 3 nitrogen and oxygen atoms in total. The van der Waals surface area contributed by atoms with Crippen LogP contribution in [0.15, 0.2) is 24.3 Å². The number of hydrogen-bond acceptors (Lipinski definition) is 3. The summed E-state index contributed by atoms with van der Waals surface area (Å²) in [4.78, 5) is 0. The van der Waals surface area contributed by atoms with Crippen LogP contribution in [0.5, 0.6) is 5.75 Å². The highest BCUT2D eigenvalue weighted by Crippen LogP contribution is 2.27. The monoisotopic (exact) mass is 256 g/mol. The molecule has 0 aliphatic carbocycles. The van der Waals surface area contributed by atoms with E-state index in [0.29, 0.717) is 0 Å². The van der Waals surface area contributed by atoms with Crippen LogP contribution < -0.4 is 10.2 Å². The Bertz CT molecular complexity index is 408. The van der Waals surface area contributed by atoms with Crippen LogP contribution in [0.25, 0.3) is 0 Å². The Hall–Kier alpha value is -1.14. The lowest BCUT2D eigenvalue weighted by Gasteiger charge is -2.21. The summed E-state index contributed by atoms with van der Waals surface area (Å²) in [6.45, 7) is 3.03. The summed E-state index contributed by atoms with van der Waals surface area (Å²) in [5.41, 5.74) is 0.428. The van der Waals surface area contributed by atoms with Crippen LogP contribution in [-0.2, 0) is 9.31 Å². The van der Waals surface area contributed by atoms with E-state index >= 15 is 0 Å². The van der Waals surface area contributed by atoms with Crippen LogP contribution in [0.3, 0.4) is 0 Å². The normalized spacial score (nSPS) is 22.6. The molecule has 2 rings (SSSR count). The van der Waals surface area contributed by atoms with E-state index < -0.39 is 13.7 Å². The van der Waals surface area contributed by atoms with Gasteiger partial charge in [0.15, 0.2) is 0 Å². The molecule has 1 saturated heterocycles. The zero-order valence-electron chi connectivity index (χ0n) is 10.5. The third-order valence-electron chi connectivity index (χ3n) is 3.09. The first-order chi connectivity index (χ1) is 8.38. The highest BCUT2D eigenvalue weighted by molar-refractivity contribution is 6.62. The van der Waals surface area contributed by atoms with Gasteiger partial charge >= 0.3 is 13.7 Å². The van der Waals surface area contributed by atoms with Gasteiger partial charge in [0.25, 0.3) is 0 Å². The summed E-state index contributed by atoms with van der Waals surface area (Å²) in [6.07, 6.45) is -0.0282. The van der Waals surface area contributed by atoms with Gasteiger partial charge in [0, 0.05) is 0 Å². The van der Waals surface area contributed by atoms with Crippen molar-refractivity contribution in [2.75, 3.05) is 0 Å². The molecule has 1 fully saturated rings. The van der Waals surface area contributed by atoms with Gasteiger partial charge in [0.05, 0.1) is 11.7 Å². The second-order valence-corrected chi connectivity index (χ2v) is 4.78. The number of benzene rings is 1. The third-order valence-corrected chi connectivity index (χ3v) is 3.09. The van der Waals surface area contributed by atoms with E-state index in [1.807, 2.05) is 20.8 Å². The van der Waals surface area contributed by atoms with Crippen LogP contribution >= 0.6 is 0 Å². The Kier molecular flexibility index (Phi) is 3.59. The Balaban J connectivity index is 2.07. The number of halogens is 2. The second kappa shape index (κ2) is 4.86. The molecule has 98 valence electrons. The van der Waals surface area contributed by atoms with Gasteiger partial charge in [-0.2, -0.15) is 8.78 Å². The van der Waals surface area contributed by atoms with Gasteiger partial charge < -0.3 is 14.0 Å². The molecule has 0 N–H and O–H groups in total. The number of alkyl halides is 2. The lowest BCUT2D eigenvalue weighted by Crippen LogP contribution is -2.34. The van der Waals surface area contributed by atoms with E-state index in [0.717, 1.165) is 5.46 Å². The molecular formula is C12H15BF2O3. The topological polar surface area (TPSA) is 27.7 Å². The molecule has 18 heavy (non-hydrogen) atoms. The molecule has 0 bridgehead atoms. The Morgan fingerprint density at radius 2 is 1.89 bits per heavy atom. The molecule has 1 aromatic carbocycles. The molecular weight excluding hydrogens is 241 g/mol. The number of rotatable bonds is 3. The summed E-state index contributed by atoms with van der Waals surface area (Å²) >= 11 is 0. The van der Waals surface area contributed by atoms with E-state index in [9.17, 15) is 8.78 Å². The molecule has 0 radical (unpaired) electrons. The van der Waals surface area contributed by atoms with Crippen LogP contribution in [0.2, 0.25) is 0 Å². The maximum absolute atomic E-state index is 12.0. The minimum absolute atomic E-state index is 0.0282. The lowest BCUT2D eigenvalue weighted by molar-refractivity contribution is -0.0498. The van der Waals surface area contributed by atoms with Crippen molar-refractivity contribution in [3.8, 4) is 5.75 Å². The van der Waals surface area contributed by atoms with Crippen molar-refractivity contribution >= 4 is 12.6 Å². The van der Waals surface area contributed by atoms with Crippen molar-refractivity contribution in [1.82, 2.24) is 0 Å². The molecule has 0 amide bonds. The van der Waals surface area contributed by atoms with E-state index in [-0.39, 0.29) is 17.5 Å². The SMILES string of the molecule is C[C@H]1OB(c2ccc(OC(F)F)cc2)OC1(C)C. The first-order valence-corrected chi connectivity index (χ1v) is 5.76. The van der Waals surface area contributed by atoms with Gasteiger partial charge in [-0.1, -0.05) is 12.1 Å². The first kappa shape index (κ1) is 13.3. The third kappa shape index (κ3) is 2.81. The first-order valence-electron chi connectivity index (χ1n) is 5.76. The van der Waals surface area contributed by atoms with Gasteiger partial charge in [-0.05, 0) is 38.4 Å². The average Bonchev–Trinajstić information content (AvgIpc) is 2.54.